The van der Waals surface area contributed by atoms with E-state index in [2.05, 4.69) is 5.32 Å². The normalized spacial score (nSPS) is 15.1. The van der Waals surface area contributed by atoms with Crippen LogP contribution >= 0.6 is 35.8 Å². The van der Waals surface area contributed by atoms with Crippen LogP contribution in [0.3, 0.4) is 0 Å². The molecule has 1 amide bonds. The molecule has 6 heteroatoms. The Morgan fingerprint density at radius 1 is 1.38 bits per heavy atom. The number of nitrogens with two attached hydrogens (primary N) is 1. The van der Waals surface area contributed by atoms with Crippen LogP contribution in [0.2, 0.25) is 5.02 Å². The third-order valence-electron chi connectivity index (χ3n) is 3.39. The molecular weight excluding hydrogens is 327 g/mol. The van der Waals surface area contributed by atoms with Crippen molar-refractivity contribution < 1.29 is 4.79 Å². The van der Waals surface area contributed by atoms with Crippen molar-refractivity contribution in [2.45, 2.75) is 36.6 Å². The van der Waals surface area contributed by atoms with Crippen LogP contribution in [-0.2, 0) is 4.79 Å². The lowest BCUT2D eigenvalue weighted by Crippen LogP contribution is -2.38. The van der Waals surface area contributed by atoms with Gasteiger partial charge in [0.25, 0.3) is 0 Å². The topological polar surface area (TPSA) is 55.1 Å². The van der Waals surface area contributed by atoms with Gasteiger partial charge in [0.05, 0.1) is 0 Å². The van der Waals surface area contributed by atoms with Crippen LogP contribution in [0.25, 0.3) is 0 Å². The molecule has 1 unspecified atom stereocenters. The van der Waals surface area contributed by atoms with E-state index in [9.17, 15) is 4.79 Å². The fourth-order valence-corrected chi connectivity index (χ4v) is 2.94. The van der Waals surface area contributed by atoms with Crippen molar-refractivity contribution in [3.05, 3.63) is 29.3 Å². The Morgan fingerprint density at radius 3 is 2.67 bits per heavy atom. The Morgan fingerprint density at radius 2 is 2.05 bits per heavy atom. The van der Waals surface area contributed by atoms with Crippen molar-refractivity contribution in [2.24, 2.45) is 11.7 Å². The molecule has 1 atom stereocenters. The van der Waals surface area contributed by atoms with Gasteiger partial charge in [0.1, 0.15) is 0 Å². The minimum Gasteiger partial charge on any atom is -0.355 e. The maximum absolute atomic E-state index is 11.7. The molecule has 1 aliphatic carbocycles. The van der Waals surface area contributed by atoms with E-state index in [0.717, 1.165) is 17.2 Å². The number of amides is 1. The minimum atomic E-state index is 0. The molecule has 0 bridgehead atoms. The first-order valence-corrected chi connectivity index (χ1v) is 8.42. The lowest BCUT2D eigenvalue weighted by Gasteiger charge is -2.11. The quantitative estimate of drug-likeness (QED) is 0.558. The Labute approximate surface area is 141 Å². The highest BCUT2D eigenvalue weighted by molar-refractivity contribution is 7.99. The van der Waals surface area contributed by atoms with Gasteiger partial charge in [-0.1, -0.05) is 11.6 Å². The highest BCUT2D eigenvalue weighted by atomic mass is 35.5. The van der Waals surface area contributed by atoms with Gasteiger partial charge in [-0.2, -0.15) is 0 Å². The van der Waals surface area contributed by atoms with Gasteiger partial charge in [-0.25, -0.2) is 0 Å². The van der Waals surface area contributed by atoms with Crippen molar-refractivity contribution in [1.29, 1.82) is 0 Å². The lowest BCUT2D eigenvalue weighted by molar-refractivity contribution is -0.121. The third-order valence-corrected chi connectivity index (χ3v) is 4.74. The Balaban J connectivity index is 0.00000220. The zero-order chi connectivity index (χ0) is 14.4. The zero-order valence-electron chi connectivity index (χ0n) is 11.9. The highest BCUT2D eigenvalue weighted by Gasteiger charge is 2.28. The van der Waals surface area contributed by atoms with Gasteiger partial charge >= 0.3 is 0 Å². The number of carbonyl (C=O) groups is 1. The van der Waals surface area contributed by atoms with E-state index in [0.29, 0.717) is 18.9 Å². The van der Waals surface area contributed by atoms with Crippen molar-refractivity contribution in [3.63, 3.8) is 0 Å². The van der Waals surface area contributed by atoms with Crippen molar-refractivity contribution >= 4 is 41.7 Å². The Kier molecular flexibility index (Phi) is 8.49. The van der Waals surface area contributed by atoms with Crippen molar-refractivity contribution in [3.8, 4) is 0 Å². The summed E-state index contributed by atoms with van der Waals surface area (Å²) in [5, 5.41) is 3.67. The van der Waals surface area contributed by atoms with Gasteiger partial charge in [-0.15, -0.1) is 24.2 Å². The summed E-state index contributed by atoms with van der Waals surface area (Å²) >= 11 is 7.58. The smallest absolute Gasteiger partial charge is 0.220 e. The summed E-state index contributed by atoms with van der Waals surface area (Å²) in [7, 11) is 0. The Hall–Kier alpha value is -0.420. The number of thioether (sulfide) groups is 1. The van der Waals surface area contributed by atoms with Crippen LogP contribution < -0.4 is 11.1 Å². The van der Waals surface area contributed by atoms with Gasteiger partial charge in [-0.3, -0.25) is 4.79 Å². The molecule has 2 rings (SSSR count). The van der Waals surface area contributed by atoms with E-state index >= 15 is 0 Å². The minimum absolute atomic E-state index is 0. The summed E-state index contributed by atoms with van der Waals surface area (Å²) in [6.07, 6.45) is 3.87. The molecule has 3 N–H and O–H groups in total. The van der Waals surface area contributed by atoms with E-state index in [-0.39, 0.29) is 24.4 Å². The fourth-order valence-electron chi connectivity index (χ4n) is 1.96. The fraction of sp³-hybridized carbons (Fsp3) is 0.533. The molecule has 21 heavy (non-hydrogen) atoms. The SMILES string of the molecule is Cl.NC(CNC(=O)CCCSc1ccc(Cl)cc1)C1CC1. The van der Waals surface area contributed by atoms with Crippen LogP contribution in [0.15, 0.2) is 29.2 Å². The van der Waals surface area contributed by atoms with Gasteiger partial charge in [-0.05, 0) is 55.2 Å². The predicted molar refractivity (Wildman–Crippen MR) is 92.4 cm³/mol. The first-order valence-electron chi connectivity index (χ1n) is 7.06. The number of rotatable bonds is 8. The van der Waals surface area contributed by atoms with E-state index in [1.807, 2.05) is 24.3 Å². The molecular formula is C15H22Cl2N2OS. The molecule has 0 spiro atoms. The summed E-state index contributed by atoms with van der Waals surface area (Å²) in [4.78, 5) is 12.8. The molecule has 1 aliphatic rings. The van der Waals surface area contributed by atoms with E-state index in [1.165, 1.54) is 17.7 Å². The summed E-state index contributed by atoms with van der Waals surface area (Å²) < 4.78 is 0. The average Bonchev–Trinajstić information content (AvgIpc) is 3.27. The third kappa shape index (κ3) is 7.41. The van der Waals surface area contributed by atoms with Crippen LogP contribution in [-0.4, -0.2) is 24.2 Å². The van der Waals surface area contributed by atoms with Crippen LogP contribution in [0.1, 0.15) is 25.7 Å². The largest absolute Gasteiger partial charge is 0.355 e. The number of nitrogens with one attached hydrogen (secondary N) is 1. The molecule has 0 aliphatic heterocycles. The molecule has 1 aromatic rings. The van der Waals surface area contributed by atoms with Crippen molar-refractivity contribution in [1.82, 2.24) is 5.32 Å². The summed E-state index contributed by atoms with van der Waals surface area (Å²) in [6.45, 7) is 0.619. The summed E-state index contributed by atoms with van der Waals surface area (Å²) in [6, 6.07) is 7.91. The van der Waals surface area contributed by atoms with E-state index in [1.54, 1.807) is 11.8 Å². The predicted octanol–water partition coefficient (Wildman–Crippen LogP) is 3.49. The molecule has 1 fully saturated rings. The number of halogens is 2. The number of benzene rings is 1. The highest BCUT2D eigenvalue weighted by Crippen LogP contribution is 2.31. The van der Waals surface area contributed by atoms with E-state index < -0.39 is 0 Å². The first kappa shape index (κ1) is 18.6. The first-order chi connectivity index (χ1) is 9.65. The maximum atomic E-state index is 11.7. The number of hydrogen-bond donors (Lipinski definition) is 2. The number of hydrogen-bond acceptors (Lipinski definition) is 3. The second-order valence-electron chi connectivity index (χ2n) is 5.21. The van der Waals surface area contributed by atoms with Crippen molar-refractivity contribution in [2.75, 3.05) is 12.3 Å². The monoisotopic (exact) mass is 348 g/mol. The second kappa shape index (κ2) is 9.57. The molecule has 0 heterocycles. The summed E-state index contributed by atoms with van der Waals surface area (Å²) in [5.41, 5.74) is 5.94. The molecule has 0 radical (unpaired) electrons. The maximum Gasteiger partial charge on any atom is 0.220 e. The Bertz CT molecular complexity index is 438. The number of carbonyl (C=O) groups excluding carboxylic acids is 1. The average molecular weight is 349 g/mol. The van der Waals surface area contributed by atoms with Crippen LogP contribution in [0.4, 0.5) is 0 Å². The van der Waals surface area contributed by atoms with Crippen LogP contribution in [0.5, 0.6) is 0 Å². The molecule has 1 saturated carbocycles. The van der Waals surface area contributed by atoms with Gasteiger partial charge in [0, 0.05) is 28.9 Å². The standard InChI is InChI=1S/C15H21ClN2OS.ClH/c16-12-5-7-13(8-6-12)20-9-1-2-15(19)18-10-14(17)11-3-4-11;/h5-8,11,14H,1-4,9-10,17H2,(H,18,19);1H. The van der Waals surface area contributed by atoms with Gasteiger partial charge < -0.3 is 11.1 Å². The second-order valence-corrected chi connectivity index (χ2v) is 6.82. The van der Waals surface area contributed by atoms with Gasteiger partial charge in [0.15, 0.2) is 0 Å². The van der Waals surface area contributed by atoms with Gasteiger partial charge in [0.2, 0.25) is 5.91 Å². The van der Waals surface area contributed by atoms with E-state index in [4.69, 9.17) is 17.3 Å². The molecule has 3 nitrogen and oxygen atoms in total. The molecule has 0 saturated heterocycles. The molecule has 1 aromatic carbocycles. The summed E-state index contributed by atoms with van der Waals surface area (Å²) in [5.74, 6) is 1.68. The molecule has 0 aromatic heterocycles. The lowest BCUT2D eigenvalue weighted by atomic mass is 10.2. The molecule has 118 valence electrons. The zero-order valence-corrected chi connectivity index (χ0v) is 14.3. The van der Waals surface area contributed by atoms with Crippen LogP contribution in [0, 0.1) is 5.92 Å².